The van der Waals surface area contributed by atoms with Gasteiger partial charge in [0.1, 0.15) is 5.75 Å². The topological polar surface area (TPSA) is 55.6 Å². The van der Waals surface area contributed by atoms with Crippen molar-refractivity contribution in [3.8, 4) is 5.75 Å². The van der Waals surface area contributed by atoms with Gasteiger partial charge in [0.25, 0.3) is 5.91 Å². The van der Waals surface area contributed by atoms with Crippen LogP contribution in [-0.4, -0.2) is 36.5 Å². The third kappa shape index (κ3) is 3.01. The van der Waals surface area contributed by atoms with Crippen molar-refractivity contribution >= 4 is 5.91 Å². The molecule has 2 rings (SSSR count). The third-order valence-corrected chi connectivity index (χ3v) is 3.35. The van der Waals surface area contributed by atoms with Crippen LogP contribution in [0.3, 0.4) is 0 Å². The number of benzene rings is 1. The van der Waals surface area contributed by atoms with E-state index in [1.165, 1.54) is 5.56 Å². The predicted octanol–water partition coefficient (Wildman–Crippen LogP) is 1.32. The Bertz CT molecular complexity index is 403. The number of hydrogen-bond acceptors (Lipinski definition) is 3. The smallest absolute Gasteiger partial charge is 0.260 e. The van der Waals surface area contributed by atoms with Crippen molar-refractivity contribution in [2.24, 2.45) is 5.73 Å². The normalized spacial score (nSPS) is 19.0. The Labute approximate surface area is 108 Å². The molecule has 0 saturated carbocycles. The van der Waals surface area contributed by atoms with E-state index in [9.17, 15) is 4.79 Å². The molecule has 2 N–H and O–H groups in total. The lowest BCUT2D eigenvalue weighted by Crippen LogP contribution is -2.42. The van der Waals surface area contributed by atoms with E-state index in [0.29, 0.717) is 6.54 Å². The Hall–Kier alpha value is -1.55. The number of rotatable bonds is 4. The Balaban J connectivity index is 1.86. The van der Waals surface area contributed by atoms with Crippen LogP contribution in [0.25, 0.3) is 0 Å². The van der Waals surface area contributed by atoms with E-state index in [4.69, 9.17) is 10.5 Å². The standard InChI is InChI=1S/C14H20N2O2/c1-11-4-6-13(7-5-11)18-10-14(17)16-8-2-3-12(16)9-15/h4-7,12H,2-3,8-10,15H2,1H3. The number of nitrogens with zero attached hydrogens (tertiary/aromatic N) is 1. The van der Waals surface area contributed by atoms with E-state index < -0.39 is 0 Å². The maximum absolute atomic E-state index is 12.0. The molecule has 1 atom stereocenters. The molecule has 4 nitrogen and oxygen atoms in total. The summed E-state index contributed by atoms with van der Waals surface area (Å²) in [5, 5.41) is 0. The van der Waals surface area contributed by atoms with Crippen LogP contribution < -0.4 is 10.5 Å². The molecule has 0 radical (unpaired) electrons. The molecule has 0 bridgehead atoms. The molecule has 1 aromatic carbocycles. The zero-order valence-electron chi connectivity index (χ0n) is 10.8. The van der Waals surface area contributed by atoms with Gasteiger partial charge in [-0.3, -0.25) is 4.79 Å². The monoisotopic (exact) mass is 248 g/mol. The summed E-state index contributed by atoms with van der Waals surface area (Å²) in [5.74, 6) is 0.765. The Morgan fingerprint density at radius 2 is 2.17 bits per heavy atom. The van der Waals surface area contributed by atoms with E-state index in [-0.39, 0.29) is 18.6 Å². The second kappa shape index (κ2) is 5.87. The second-order valence-electron chi connectivity index (χ2n) is 4.72. The fraction of sp³-hybridized carbons (Fsp3) is 0.500. The first-order chi connectivity index (χ1) is 8.70. The summed E-state index contributed by atoms with van der Waals surface area (Å²) in [4.78, 5) is 13.8. The van der Waals surface area contributed by atoms with E-state index in [1.54, 1.807) is 0 Å². The van der Waals surface area contributed by atoms with Crippen molar-refractivity contribution in [3.63, 3.8) is 0 Å². The Morgan fingerprint density at radius 1 is 1.44 bits per heavy atom. The fourth-order valence-corrected chi connectivity index (χ4v) is 2.27. The number of ether oxygens (including phenoxy) is 1. The SMILES string of the molecule is Cc1ccc(OCC(=O)N2CCCC2CN)cc1. The van der Waals surface area contributed by atoms with Gasteiger partial charge in [0.2, 0.25) is 0 Å². The maximum atomic E-state index is 12.0. The summed E-state index contributed by atoms with van der Waals surface area (Å²) in [7, 11) is 0. The van der Waals surface area contributed by atoms with Crippen LogP contribution in [0.1, 0.15) is 18.4 Å². The van der Waals surface area contributed by atoms with Crippen molar-refractivity contribution < 1.29 is 9.53 Å². The van der Waals surface area contributed by atoms with Crippen molar-refractivity contribution in [3.05, 3.63) is 29.8 Å². The molecule has 98 valence electrons. The van der Waals surface area contributed by atoms with Crippen LogP contribution in [0.5, 0.6) is 5.75 Å². The molecule has 0 aromatic heterocycles. The highest BCUT2D eigenvalue weighted by atomic mass is 16.5. The lowest BCUT2D eigenvalue weighted by atomic mass is 10.2. The largest absolute Gasteiger partial charge is 0.484 e. The van der Waals surface area contributed by atoms with Crippen LogP contribution in [0.15, 0.2) is 24.3 Å². The average molecular weight is 248 g/mol. The fourth-order valence-electron chi connectivity index (χ4n) is 2.27. The van der Waals surface area contributed by atoms with Gasteiger partial charge in [-0.15, -0.1) is 0 Å². The van der Waals surface area contributed by atoms with Crippen molar-refractivity contribution in [1.82, 2.24) is 4.90 Å². The van der Waals surface area contributed by atoms with Gasteiger partial charge >= 0.3 is 0 Å². The minimum atomic E-state index is 0.0310. The summed E-state index contributed by atoms with van der Waals surface area (Å²) < 4.78 is 5.50. The number of carbonyl (C=O) groups is 1. The van der Waals surface area contributed by atoms with Crippen molar-refractivity contribution in [1.29, 1.82) is 0 Å². The number of aryl methyl sites for hydroxylation is 1. The van der Waals surface area contributed by atoms with Gasteiger partial charge in [-0.25, -0.2) is 0 Å². The van der Waals surface area contributed by atoms with Gasteiger partial charge in [0, 0.05) is 19.1 Å². The number of likely N-dealkylation sites (tertiary alicyclic amines) is 1. The van der Waals surface area contributed by atoms with Crippen LogP contribution >= 0.6 is 0 Å². The highest BCUT2D eigenvalue weighted by molar-refractivity contribution is 5.78. The van der Waals surface area contributed by atoms with Crippen LogP contribution in [0.4, 0.5) is 0 Å². The first-order valence-corrected chi connectivity index (χ1v) is 6.39. The quantitative estimate of drug-likeness (QED) is 0.874. The molecule has 18 heavy (non-hydrogen) atoms. The first-order valence-electron chi connectivity index (χ1n) is 6.39. The number of carbonyl (C=O) groups excluding carboxylic acids is 1. The molecule has 1 amide bonds. The van der Waals surface area contributed by atoms with Crippen molar-refractivity contribution in [2.45, 2.75) is 25.8 Å². The third-order valence-electron chi connectivity index (χ3n) is 3.35. The summed E-state index contributed by atoms with van der Waals surface area (Å²) in [6.07, 6.45) is 2.05. The molecular weight excluding hydrogens is 228 g/mol. The molecule has 0 aliphatic carbocycles. The van der Waals surface area contributed by atoms with Gasteiger partial charge in [-0.05, 0) is 31.9 Å². The van der Waals surface area contributed by atoms with Crippen LogP contribution in [0.2, 0.25) is 0 Å². The molecule has 4 heteroatoms. The number of amides is 1. The first kappa shape index (κ1) is 12.9. The molecule has 1 unspecified atom stereocenters. The summed E-state index contributed by atoms with van der Waals surface area (Å²) in [6, 6.07) is 7.90. The lowest BCUT2D eigenvalue weighted by molar-refractivity contribution is -0.134. The van der Waals surface area contributed by atoms with Gasteiger partial charge in [-0.2, -0.15) is 0 Å². The lowest BCUT2D eigenvalue weighted by Gasteiger charge is -2.23. The molecule has 1 aromatic rings. The molecule has 0 spiro atoms. The molecule has 1 saturated heterocycles. The zero-order valence-corrected chi connectivity index (χ0v) is 10.8. The van der Waals surface area contributed by atoms with Gasteiger partial charge < -0.3 is 15.4 Å². The highest BCUT2D eigenvalue weighted by Gasteiger charge is 2.27. The Kier molecular flexibility index (Phi) is 4.20. The molecular formula is C14H20N2O2. The molecule has 1 fully saturated rings. The van der Waals surface area contributed by atoms with Crippen molar-refractivity contribution in [2.75, 3.05) is 19.7 Å². The Morgan fingerprint density at radius 3 is 2.83 bits per heavy atom. The van der Waals surface area contributed by atoms with E-state index in [0.717, 1.165) is 25.1 Å². The van der Waals surface area contributed by atoms with Gasteiger partial charge in [0.05, 0.1) is 0 Å². The van der Waals surface area contributed by atoms with Gasteiger partial charge in [0.15, 0.2) is 6.61 Å². The van der Waals surface area contributed by atoms with Gasteiger partial charge in [-0.1, -0.05) is 17.7 Å². The highest BCUT2D eigenvalue weighted by Crippen LogP contribution is 2.17. The average Bonchev–Trinajstić information content (AvgIpc) is 2.86. The predicted molar refractivity (Wildman–Crippen MR) is 70.5 cm³/mol. The minimum Gasteiger partial charge on any atom is -0.484 e. The van der Waals surface area contributed by atoms with E-state index >= 15 is 0 Å². The molecule has 1 aliphatic heterocycles. The molecule has 1 aliphatic rings. The summed E-state index contributed by atoms with van der Waals surface area (Å²) in [6.45, 7) is 3.46. The molecule has 1 heterocycles. The summed E-state index contributed by atoms with van der Waals surface area (Å²) >= 11 is 0. The summed E-state index contributed by atoms with van der Waals surface area (Å²) in [5.41, 5.74) is 6.83. The van der Waals surface area contributed by atoms with E-state index in [1.807, 2.05) is 36.1 Å². The second-order valence-corrected chi connectivity index (χ2v) is 4.72. The zero-order chi connectivity index (χ0) is 13.0. The van der Waals surface area contributed by atoms with Crippen LogP contribution in [0, 0.1) is 6.92 Å². The minimum absolute atomic E-state index is 0.0310. The number of hydrogen-bond donors (Lipinski definition) is 1. The number of nitrogens with two attached hydrogens (primary N) is 1. The van der Waals surface area contributed by atoms with Crippen LogP contribution in [-0.2, 0) is 4.79 Å². The van der Waals surface area contributed by atoms with E-state index in [2.05, 4.69) is 0 Å². The maximum Gasteiger partial charge on any atom is 0.260 e.